The number of methoxy groups -OCH3 is 1. The van der Waals surface area contributed by atoms with Gasteiger partial charge < -0.3 is 9.72 Å². The highest BCUT2D eigenvalue weighted by Gasteiger charge is 2.24. The smallest absolute Gasteiger partial charge is 0.339 e. The van der Waals surface area contributed by atoms with Gasteiger partial charge in [0.1, 0.15) is 0 Å². The molecule has 3 aromatic rings. The van der Waals surface area contributed by atoms with Crippen molar-refractivity contribution in [1.82, 2.24) is 4.98 Å². The second-order valence-corrected chi connectivity index (χ2v) is 5.79. The number of aromatic nitrogens is 2. The summed E-state index contributed by atoms with van der Waals surface area (Å²) in [6, 6.07) is 9.97. The number of hydrogen-bond acceptors (Lipinski definition) is 3. The number of ether oxygens (including phenoxy) is 1. The van der Waals surface area contributed by atoms with Gasteiger partial charge in [-0.1, -0.05) is 18.2 Å². The molecule has 5 nitrogen and oxygen atoms in total. The molecule has 0 saturated heterocycles. The summed E-state index contributed by atoms with van der Waals surface area (Å²) in [4.78, 5) is 27.5. The first kappa shape index (κ1) is 15.9. The maximum absolute atomic E-state index is 12.6. The number of Topliss-reactive ketones (excluding diaryl/α,β-unsaturated/α-hetero) is 1. The van der Waals surface area contributed by atoms with Crippen LogP contribution in [0.5, 0.6) is 0 Å². The van der Waals surface area contributed by atoms with Crippen molar-refractivity contribution in [3.63, 3.8) is 0 Å². The predicted molar refractivity (Wildman–Crippen MR) is 90.1 cm³/mol. The van der Waals surface area contributed by atoms with Gasteiger partial charge >= 0.3 is 5.97 Å². The van der Waals surface area contributed by atoms with Gasteiger partial charge in [-0.15, -0.1) is 0 Å². The quantitative estimate of drug-likeness (QED) is 0.456. The van der Waals surface area contributed by atoms with E-state index >= 15 is 0 Å². The van der Waals surface area contributed by atoms with E-state index in [-0.39, 0.29) is 12.3 Å². The van der Waals surface area contributed by atoms with Crippen LogP contribution in [-0.2, 0) is 11.3 Å². The SMILES string of the molecule is COC(=O)c1c(C)[nH]c(C(=O)C[n+]2ccc3ccccc3c2)c1C. The number of pyridine rings is 1. The number of carbonyl (C=O) groups excluding carboxylic acids is 2. The Morgan fingerprint density at radius 3 is 2.54 bits per heavy atom. The summed E-state index contributed by atoms with van der Waals surface area (Å²) < 4.78 is 6.63. The molecule has 0 aliphatic rings. The molecule has 0 spiro atoms. The molecule has 2 heterocycles. The Morgan fingerprint density at radius 1 is 1.12 bits per heavy atom. The number of H-pyrrole nitrogens is 1. The van der Waals surface area contributed by atoms with E-state index in [2.05, 4.69) is 4.98 Å². The average Bonchev–Trinajstić information content (AvgIpc) is 2.88. The molecule has 0 saturated carbocycles. The molecule has 3 rings (SSSR count). The van der Waals surface area contributed by atoms with Crippen LogP contribution < -0.4 is 4.57 Å². The summed E-state index contributed by atoms with van der Waals surface area (Å²) in [5.74, 6) is -0.510. The van der Waals surface area contributed by atoms with E-state index in [1.807, 2.05) is 47.3 Å². The van der Waals surface area contributed by atoms with Crippen molar-refractivity contribution < 1.29 is 18.9 Å². The molecule has 0 aliphatic carbocycles. The molecule has 0 aliphatic heterocycles. The highest BCUT2D eigenvalue weighted by molar-refractivity contribution is 6.01. The van der Waals surface area contributed by atoms with Crippen LogP contribution >= 0.6 is 0 Å². The summed E-state index contributed by atoms with van der Waals surface area (Å²) in [6.45, 7) is 3.72. The third-order valence-corrected chi connectivity index (χ3v) is 4.18. The second kappa shape index (κ2) is 6.28. The van der Waals surface area contributed by atoms with E-state index in [0.29, 0.717) is 22.5 Å². The molecule has 0 fully saturated rings. The van der Waals surface area contributed by atoms with Crippen LogP contribution in [0.25, 0.3) is 10.8 Å². The highest BCUT2D eigenvalue weighted by atomic mass is 16.5. The van der Waals surface area contributed by atoms with E-state index in [9.17, 15) is 9.59 Å². The van der Waals surface area contributed by atoms with Crippen LogP contribution in [0, 0.1) is 13.8 Å². The predicted octanol–water partition coefficient (Wildman–Crippen LogP) is 2.74. The minimum absolute atomic E-state index is 0.0777. The average molecular weight is 323 g/mol. The molecule has 5 heteroatoms. The van der Waals surface area contributed by atoms with Crippen molar-refractivity contribution in [2.75, 3.05) is 7.11 Å². The number of nitrogens with one attached hydrogen (secondary N) is 1. The number of esters is 1. The first-order chi connectivity index (χ1) is 11.5. The number of nitrogens with zero attached hydrogens (tertiary/aromatic N) is 1. The lowest BCUT2D eigenvalue weighted by molar-refractivity contribution is -0.681. The zero-order valence-electron chi connectivity index (χ0n) is 13.9. The molecule has 1 N–H and O–H groups in total. The lowest BCUT2D eigenvalue weighted by Crippen LogP contribution is -2.37. The molecular weight excluding hydrogens is 304 g/mol. The summed E-state index contributed by atoms with van der Waals surface area (Å²) in [7, 11) is 1.33. The van der Waals surface area contributed by atoms with Crippen molar-refractivity contribution >= 4 is 22.5 Å². The van der Waals surface area contributed by atoms with Gasteiger partial charge in [-0.25, -0.2) is 4.79 Å². The maximum Gasteiger partial charge on any atom is 0.339 e. The van der Waals surface area contributed by atoms with Crippen molar-refractivity contribution in [1.29, 1.82) is 0 Å². The monoisotopic (exact) mass is 323 g/mol. The van der Waals surface area contributed by atoms with E-state index in [1.54, 1.807) is 13.8 Å². The van der Waals surface area contributed by atoms with Gasteiger partial charge in [-0.3, -0.25) is 4.79 Å². The van der Waals surface area contributed by atoms with Crippen LogP contribution in [-0.4, -0.2) is 23.8 Å². The molecule has 0 atom stereocenters. The number of aryl methyl sites for hydroxylation is 1. The topological polar surface area (TPSA) is 63.0 Å². The summed E-state index contributed by atoms with van der Waals surface area (Å²) in [6.07, 6.45) is 3.83. The Balaban J connectivity index is 1.90. The molecule has 2 aromatic heterocycles. The second-order valence-electron chi connectivity index (χ2n) is 5.79. The first-order valence-electron chi connectivity index (χ1n) is 7.69. The third-order valence-electron chi connectivity index (χ3n) is 4.18. The minimum Gasteiger partial charge on any atom is -0.465 e. The number of carbonyl (C=O) groups is 2. The Bertz CT molecular complexity index is 941. The highest BCUT2D eigenvalue weighted by Crippen LogP contribution is 2.19. The Morgan fingerprint density at radius 2 is 1.83 bits per heavy atom. The third kappa shape index (κ3) is 2.80. The van der Waals surface area contributed by atoms with Crippen LogP contribution in [0.4, 0.5) is 0 Å². The fourth-order valence-electron chi connectivity index (χ4n) is 2.96. The molecule has 0 unspecified atom stereocenters. The number of hydrogen-bond donors (Lipinski definition) is 1. The molecule has 122 valence electrons. The molecule has 24 heavy (non-hydrogen) atoms. The Labute approximate surface area is 139 Å². The van der Waals surface area contributed by atoms with Gasteiger partial charge in [-0.2, -0.15) is 4.57 Å². The fraction of sp³-hybridized carbons (Fsp3) is 0.211. The van der Waals surface area contributed by atoms with E-state index in [0.717, 1.165) is 10.8 Å². The Kier molecular flexibility index (Phi) is 4.16. The van der Waals surface area contributed by atoms with E-state index in [4.69, 9.17) is 4.74 Å². The van der Waals surface area contributed by atoms with E-state index in [1.165, 1.54) is 7.11 Å². The molecular formula is C19H19N2O3+. The number of rotatable bonds is 4. The van der Waals surface area contributed by atoms with Crippen molar-refractivity contribution in [2.45, 2.75) is 20.4 Å². The van der Waals surface area contributed by atoms with Crippen molar-refractivity contribution in [3.8, 4) is 0 Å². The molecule has 0 bridgehead atoms. The molecule has 1 aromatic carbocycles. The Hall–Kier alpha value is -2.95. The summed E-state index contributed by atoms with van der Waals surface area (Å²) in [5, 5.41) is 2.20. The fourth-order valence-corrected chi connectivity index (χ4v) is 2.96. The summed E-state index contributed by atoms with van der Waals surface area (Å²) >= 11 is 0. The summed E-state index contributed by atoms with van der Waals surface area (Å²) in [5.41, 5.74) is 2.16. The van der Waals surface area contributed by atoms with Gasteiger partial charge in [0.05, 0.1) is 18.4 Å². The number of benzene rings is 1. The number of ketones is 1. The van der Waals surface area contributed by atoms with Gasteiger partial charge in [0, 0.05) is 17.1 Å². The van der Waals surface area contributed by atoms with Crippen molar-refractivity contribution in [3.05, 3.63) is 65.2 Å². The standard InChI is InChI=1S/C19H18N2O3/c1-12-17(19(23)24-3)13(2)20-18(12)16(22)11-21-9-8-14-6-4-5-7-15(14)10-21/h4-10H,11H2,1-3H3/p+1. The van der Waals surface area contributed by atoms with E-state index < -0.39 is 5.97 Å². The number of aromatic amines is 1. The minimum atomic E-state index is -0.432. The molecule has 0 amide bonds. The van der Waals surface area contributed by atoms with Crippen LogP contribution in [0.1, 0.15) is 32.1 Å². The van der Waals surface area contributed by atoms with Gasteiger partial charge in [0.15, 0.2) is 12.4 Å². The van der Waals surface area contributed by atoms with Gasteiger partial charge in [0.2, 0.25) is 12.3 Å². The van der Waals surface area contributed by atoms with Crippen molar-refractivity contribution in [2.24, 2.45) is 0 Å². The maximum atomic E-state index is 12.6. The van der Waals surface area contributed by atoms with Crippen LogP contribution in [0.15, 0.2) is 42.7 Å². The van der Waals surface area contributed by atoms with Gasteiger partial charge in [-0.05, 0) is 30.9 Å². The van der Waals surface area contributed by atoms with Gasteiger partial charge in [0.25, 0.3) is 0 Å². The largest absolute Gasteiger partial charge is 0.465 e. The molecule has 0 radical (unpaired) electrons. The first-order valence-corrected chi connectivity index (χ1v) is 7.69. The van der Waals surface area contributed by atoms with Crippen LogP contribution in [0.3, 0.4) is 0 Å². The zero-order valence-corrected chi connectivity index (χ0v) is 13.9. The normalized spacial score (nSPS) is 10.8. The lowest BCUT2D eigenvalue weighted by Gasteiger charge is -2.01. The van der Waals surface area contributed by atoms with Crippen LogP contribution in [0.2, 0.25) is 0 Å². The number of fused-ring (bicyclic) bond motifs is 1. The zero-order chi connectivity index (χ0) is 17.3. The lowest BCUT2D eigenvalue weighted by atomic mass is 10.1.